The molecule has 2 saturated heterocycles. The van der Waals surface area contributed by atoms with Gasteiger partial charge in [0.05, 0.1) is 45.9 Å². The number of imide groups is 1. The minimum Gasteiger partial charge on any atom is -0.350 e. The molecule has 4 atom stereocenters. The van der Waals surface area contributed by atoms with E-state index in [1.54, 1.807) is 12.1 Å². The summed E-state index contributed by atoms with van der Waals surface area (Å²) in [7, 11) is 0. The number of hydrogen-bond donors (Lipinski definition) is 2. The number of thiophene rings is 1. The van der Waals surface area contributed by atoms with Gasteiger partial charge in [-0.25, -0.2) is 9.37 Å². The summed E-state index contributed by atoms with van der Waals surface area (Å²) in [5.74, 6) is -5.84. The van der Waals surface area contributed by atoms with Crippen LogP contribution in [0.3, 0.4) is 0 Å². The lowest BCUT2D eigenvalue weighted by atomic mass is 9.98. The fourth-order valence-corrected chi connectivity index (χ4v) is 7.90. The minimum absolute atomic E-state index is 0.0424. The molecule has 250 valence electrons. The number of carbonyl (C=O) groups is 4. The molecule has 3 aliphatic rings. The normalized spacial score (nSPS) is 22.7. The van der Waals surface area contributed by atoms with Gasteiger partial charge in [-0.2, -0.15) is 8.78 Å². The van der Waals surface area contributed by atoms with Crippen LogP contribution in [0.15, 0.2) is 24.4 Å². The summed E-state index contributed by atoms with van der Waals surface area (Å²) in [5, 5.41) is 2.89. The molecule has 3 aromatic heterocycles. The summed E-state index contributed by atoms with van der Waals surface area (Å²) in [6, 6.07) is 3.27. The molecule has 47 heavy (non-hydrogen) atoms. The first-order valence-electron chi connectivity index (χ1n) is 15.6. The molecule has 1 aliphatic carbocycles. The third-order valence-corrected chi connectivity index (χ3v) is 10.9. The number of alkyl halides is 3. The Morgan fingerprint density at radius 1 is 1.19 bits per heavy atom. The Hall–Kier alpha value is -3.91. The summed E-state index contributed by atoms with van der Waals surface area (Å²) in [6.45, 7) is 7.54. The van der Waals surface area contributed by atoms with Crippen LogP contribution >= 0.6 is 11.3 Å². The van der Waals surface area contributed by atoms with E-state index in [0.29, 0.717) is 33.6 Å². The number of aromatic nitrogens is 2. The fraction of sp³-hybridized carbons (Fsp3) is 0.515. The van der Waals surface area contributed by atoms with Gasteiger partial charge in [0.15, 0.2) is 6.67 Å². The topological polar surface area (TPSA) is 139 Å². The number of pyridine rings is 2. The lowest BCUT2D eigenvalue weighted by Gasteiger charge is -2.23. The molecule has 0 bridgehead atoms. The number of carbonyl (C=O) groups excluding carboxylic acids is 4. The zero-order valence-corrected chi connectivity index (χ0v) is 27.6. The third-order valence-electron chi connectivity index (χ3n) is 9.74. The largest absolute Gasteiger partial charge is 0.350 e. The molecule has 3 N–H and O–H groups in total. The quantitative estimate of drug-likeness (QED) is 0.326. The second kappa shape index (κ2) is 11.7. The van der Waals surface area contributed by atoms with Crippen molar-refractivity contribution in [2.45, 2.75) is 65.6 Å². The molecule has 2 unspecified atom stereocenters. The summed E-state index contributed by atoms with van der Waals surface area (Å²) in [5.41, 5.74) is 5.85. The van der Waals surface area contributed by atoms with E-state index in [1.165, 1.54) is 34.3 Å². The van der Waals surface area contributed by atoms with Crippen molar-refractivity contribution in [1.82, 2.24) is 25.1 Å². The predicted molar refractivity (Wildman–Crippen MR) is 169 cm³/mol. The van der Waals surface area contributed by atoms with Crippen molar-refractivity contribution in [2.24, 2.45) is 28.9 Å². The molecule has 5 heterocycles. The van der Waals surface area contributed by atoms with Gasteiger partial charge in [0, 0.05) is 35.8 Å². The molecule has 2 aliphatic heterocycles. The van der Waals surface area contributed by atoms with E-state index in [1.807, 2.05) is 27.7 Å². The van der Waals surface area contributed by atoms with Crippen molar-refractivity contribution in [2.75, 3.05) is 19.8 Å². The standard InChI is InChI=1S/C33H37F3N6O4S/c1-15(2)25(37)28(43)39-17-7-9-41(12-17)29(44)22-16(3)10-21(33(35,36)14-34)40-26(22)19-6-8-38-20-11-18(47-27(19)20)13-42-30(45)23-24(31(42)46)32(23,4)5/h6,8,10-11,15,17,23-25H,7,9,12-14,37H2,1-5H3,(H,39,43)/t17-,23?,24?,25-/m0/s1. The van der Waals surface area contributed by atoms with Crippen molar-refractivity contribution < 1.29 is 32.3 Å². The van der Waals surface area contributed by atoms with Crippen LogP contribution in [0, 0.1) is 30.1 Å². The maximum Gasteiger partial charge on any atom is 0.317 e. The van der Waals surface area contributed by atoms with Gasteiger partial charge in [-0.05, 0) is 48.4 Å². The molecule has 0 aromatic carbocycles. The summed E-state index contributed by atoms with van der Waals surface area (Å²) in [6.07, 6.45) is 1.94. The van der Waals surface area contributed by atoms with Gasteiger partial charge >= 0.3 is 5.92 Å². The monoisotopic (exact) mass is 670 g/mol. The summed E-state index contributed by atoms with van der Waals surface area (Å²) < 4.78 is 43.5. The third kappa shape index (κ3) is 5.58. The van der Waals surface area contributed by atoms with Gasteiger partial charge in [-0.15, -0.1) is 11.3 Å². The smallest absolute Gasteiger partial charge is 0.317 e. The highest BCUT2D eigenvalue weighted by Crippen LogP contribution is 2.63. The van der Waals surface area contributed by atoms with Crippen LogP contribution in [0.4, 0.5) is 13.2 Å². The SMILES string of the molecule is Cc1cc(C(F)(F)CF)nc(-c2ccnc3cc(CN4C(=O)C5C(C4=O)C5(C)C)sc23)c1C(=O)N1CC[C@H](NC(=O)[C@@H](N)C(C)C)C1. The number of rotatable bonds is 9. The lowest BCUT2D eigenvalue weighted by molar-refractivity contribution is -0.143. The Labute approximate surface area is 273 Å². The van der Waals surface area contributed by atoms with E-state index >= 15 is 0 Å². The number of halogens is 3. The van der Waals surface area contributed by atoms with Crippen LogP contribution in [-0.2, 0) is 26.9 Å². The van der Waals surface area contributed by atoms with Gasteiger partial charge in [0.1, 0.15) is 5.69 Å². The summed E-state index contributed by atoms with van der Waals surface area (Å²) >= 11 is 1.22. The Balaban J connectivity index is 1.35. The van der Waals surface area contributed by atoms with Crippen LogP contribution in [0.1, 0.15) is 60.6 Å². The minimum atomic E-state index is -3.89. The molecular weight excluding hydrogens is 633 g/mol. The second-order valence-corrected chi connectivity index (χ2v) is 14.9. The van der Waals surface area contributed by atoms with Crippen LogP contribution in [0.5, 0.6) is 0 Å². The Bertz CT molecular complexity index is 1790. The molecule has 1 saturated carbocycles. The van der Waals surface area contributed by atoms with E-state index < -0.39 is 30.2 Å². The molecule has 3 fully saturated rings. The Kier molecular flexibility index (Phi) is 8.18. The van der Waals surface area contributed by atoms with Gasteiger partial charge in [0.2, 0.25) is 17.7 Å². The van der Waals surface area contributed by atoms with E-state index in [9.17, 15) is 32.3 Å². The molecule has 14 heteroatoms. The van der Waals surface area contributed by atoms with Crippen LogP contribution in [-0.4, -0.2) is 75.2 Å². The molecule has 0 spiro atoms. The van der Waals surface area contributed by atoms with Gasteiger partial charge in [0.25, 0.3) is 5.91 Å². The van der Waals surface area contributed by atoms with E-state index in [2.05, 4.69) is 15.3 Å². The fourth-order valence-electron chi connectivity index (χ4n) is 6.78. The van der Waals surface area contributed by atoms with Crippen molar-refractivity contribution in [3.63, 3.8) is 0 Å². The first kappa shape index (κ1) is 33.0. The van der Waals surface area contributed by atoms with Crippen LogP contribution in [0.25, 0.3) is 21.5 Å². The highest BCUT2D eigenvalue weighted by molar-refractivity contribution is 7.19. The number of likely N-dealkylation sites (tertiary alicyclic amines) is 2. The van der Waals surface area contributed by atoms with Gasteiger partial charge < -0.3 is 16.0 Å². The Morgan fingerprint density at radius 2 is 1.87 bits per heavy atom. The number of hydrogen-bond acceptors (Lipinski definition) is 8. The lowest BCUT2D eigenvalue weighted by Crippen LogP contribution is -2.48. The van der Waals surface area contributed by atoms with Crippen molar-refractivity contribution in [1.29, 1.82) is 0 Å². The number of nitrogens with zero attached hydrogens (tertiary/aromatic N) is 4. The highest BCUT2D eigenvalue weighted by atomic mass is 32.1. The maximum absolute atomic E-state index is 14.7. The zero-order chi connectivity index (χ0) is 34.2. The average Bonchev–Trinajstić information content (AvgIpc) is 3.42. The number of nitrogens with one attached hydrogen (secondary N) is 1. The van der Waals surface area contributed by atoms with E-state index in [-0.39, 0.29) is 76.8 Å². The summed E-state index contributed by atoms with van der Waals surface area (Å²) in [4.78, 5) is 64.7. The molecule has 4 amide bonds. The van der Waals surface area contributed by atoms with Crippen LogP contribution < -0.4 is 11.1 Å². The van der Waals surface area contributed by atoms with Crippen molar-refractivity contribution in [3.05, 3.63) is 46.1 Å². The van der Waals surface area contributed by atoms with Crippen molar-refractivity contribution in [3.8, 4) is 11.3 Å². The number of piperidine rings is 1. The number of aryl methyl sites for hydroxylation is 1. The first-order valence-corrected chi connectivity index (χ1v) is 16.4. The average molecular weight is 671 g/mol. The van der Waals surface area contributed by atoms with Crippen LogP contribution in [0.2, 0.25) is 0 Å². The number of fused-ring (bicyclic) bond motifs is 2. The van der Waals surface area contributed by atoms with E-state index in [4.69, 9.17) is 5.73 Å². The number of nitrogens with two attached hydrogens (primary N) is 1. The molecule has 3 aromatic rings. The zero-order valence-electron chi connectivity index (χ0n) is 26.8. The predicted octanol–water partition coefficient (Wildman–Crippen LogP) is 4.18. The first-order chi connectivity index (χ1) is 22.1. The molecular formula is C33H37F3N6O4S. The number of amides is 4. The highest BCUT2D eigenvalue weighted by Gasteiger charge is 2.72. The molecule has 0 radical (unpaired) electrons. The Morgan fingerprint density at radius 3 is 2.51 bits per heavy atom. The van der Waals surface area contributed by atoms with Gasteiger partial charge in [-0.3, -0.25) is 29.1 Å². The van der Waals surface area contributed by atoms with Crippen molar-refractivity contribution >= 4 is 45.2 Å². The molecule has 6 rings (SSSR count). The van der Waals surface area contributed by atoms with Gasteiger partial charge in [-0.1, -0.05) is 27.7 Å². The van der Waals surface area contributed by atoms with E-state index in [0.717, 1.165) is 6.07 Å². The molecule has 10 nitrogen and oxygen atoms in total. The maximum atomic E-state index is 14.7. The second-order valence-electron chi connectivity index (χ2n) is 13.7.